The first-order valence-corrected chi connectivity index (χ1v) is 9.51. The summed E-state index contributed by atoms with van der Waals surface area (Å²) in [7, 11) is 0. The largest absolute Gasteiger partial charge is 0.318 e. The van der Waals surface area contributed by atoms with Crippen molar-refractivity contribution in [1.29, 1.82) is 5.41 Å². The van der Waals surface area contributed by atoms with Crippen molar-refractivity contribution in [3.63, 3.8) is 0 Å². The van der Waals surface area contributed by atoms with Gasteiger partial charge in [-0.2, -0.15) is 15.1 Å². The smallest absolute Gasteiger partial charge is 0.283 e. The Labute approximate surface area is 165 Å². The highest BCUT2D eigenvalue weighted by Gasteiger charge is 2.32. The fourth-order valence-electron chi connectivity index (χ4n) is 3.22. The van der Waals surface area contributed by atoms with Crippen molar-refractivity contribution in [2.75, 3.05) is 0 Å². The Morgan fingerprint density at radius 3 is 2.78 bits per heavy atom. The number of amides is 1. The summed E-state index contributed by atoms with van der Waals surface area (Å²) in [5.41, 5.74) is 6.71. The topological polar surface area (TPSA) is 73.8 Å². The third-order valence-electron chi connectivity index (χ3n) is 4.58. The van der Waals surface area contributed by atoms with Gasteiger partial charge in [0.15, 0.2) is 11.0 Å². The average Bonchev–Trinajstić information content (AvgIpc) is 3.19. The van der Waals surface area contributed by atoms with Gasteiger partial charge in [-0.1, -0.05) is 17.7 Å². The third kappa shape index (κ3) is 2.93. The number of thioether (sulfide) groups is 1. The maximum absolute atomic E-state index is 12.4. The van der Waals surface area contributed by atoms with Gasteiger partial charge in [0.25, 0.3) is 5.91 Å². The normalized spacial score (nSPS) is 17.7. The highest BCUT2D eigenvalue weighted by molar-refractivity contribution is 8.25. The molecule has 136 valence electrons. The molecule has 3 heterocycles. The quantitative estimate of drug-likeness (QED) is 0.767. The summed E-state index contributed by atoms with van der Waals surface area (Å²) in [6, 6.07) is 7.76. The molecule has 2 aromatic rings. The van der Waals surface area contributed by atoms with Crippen molar-refractivity contribution in [1.82, 2.24) is 9.58 Å². The molecule has 1 N–H and O–H groups in total. The zero-order chi connectivity index (χ0) is 19.3. The molecule has 0 atom stereocenters. The van der Waals surface area contributed by atoms with E-state index in [-0.39, 0.29) is 11.4 Å². The fraction of sp³-hybridized carbons (Fsp3) is 0.158. The van der Waals surface area contributed by atoms with Crippen molar-refractivity contribution in [3.8, 4) is 5.69 Å². The van der Waals surface area contributed by atoms with E-state index < -0.39 is 5.91 Å². The number of fused-ring (bicyclic) bond motifs is 1. The summed E-state index contributed by atoms with van der Waals surface area (Å²) >= 11 is 7.42. The van der Waals surface area contributed by atoms with Crippen molar-refractivity contribution in [3.05, 3.63) is 57.4 Å². The molecule has 0 unspecified atom stereocenters. The number of nitrogens with one attached hydrogen (secondary N) is 1. The first kappa shape index (κ1) is 17.8. The predicted octanol–water partition coefficient (Wildman–Crippen LogP) is 4.30. The number of amidine groups is 2. The molecule has 0 aliphatic carbocycles. The Balaban J connectivity index is 1.82. The van der Waals surface area contributed by atoms with E-state index in [9.17, 15) is 4.79 Å². The lowest BCUT2D eigenvalue weighted by Gasteiger charge is -2.20. The van der Waals surface area contributed by atoms with Crippen LogP contribution in [0, 0.1) is 26.2 Å². The molecule has 2 aliphatic heterocycles. The van der Waals surface area contributed by atoms with Gasteiger partial charge in [-0.05, 0) is 67.9 Å². The van der Waals surface area contributed by atoms with Gasteiger partial charge < -0.3 is 4.57 Å². The molecule has 0 bridgehead atoms. The number of hydrogen-bond donors (Lipinski definition) is 1. The number of halogens is 1. The second-order valence-corrected chi connectivity index (χ2v) is 7.60. The van der Waals surface area contributed by atoms with Gasteiger partial charge in [0.2, 0.25) is 0 Å². The maximum atomic E-state index is 12.4. The Morgan fingerprint density at radius 1 is 1.22 bits per heavy atom. The number of nitrogens with zero attached hydrogens (tertiary/aromatic N) is 4. The van der Waals surface area contributed by atoms with Crippen LogP contribution in [0.1, 0.15) is 22.5 Å². The van der Waals surface area contributed by atoms with Gasteiger partial charge in [-0.15, -0.1) is 0 Å². The van der Waals surface area contributed by atoms with Crippen molar-refractivity contribution in [2.45, 2.75) is 20.8 Å². The minimum Gasteiger partial charge on any atom is -0.318 e. The lowest BCUT2D eigenvalue weighted by molar-refractivity contribution is -0.114. The molecule has 0 spiro atoms. The standard InChI is InChI=1S/C19H16ClN5OS/c1-10-4-5-14(20)8-16(10)24-11(2)6-13(12(24)3)7-15-17(21)25-19(23-18(15)26)27-9-22-25/h4-9,21H,1-3H3/b15-7-,21-17?. The SMILES string of the molecule is Cc1ccc(Cl)cc1-n1c(C)cc(/C=C2/C(=N)N3N=CSC3=NC2=O)c1C. The van der Waals surface area contributed by atoms with Gasteiger partial charge in [0, 0.05) is 22.1 Å². The molecular formula is C19H16ClN5OS. The molecule has 27 heavy (non-hydrogen) atoms. The van der Waals surface area contributed by atoms with E-state index in [1.165, 1.54) is 16.8 Å². The van der Waals surface area contributed by atoms with Gasteiger partial charge in [-0.25, -0.2) is 0 Å². The molecule has 0 fully saturated rings. The molecular weight excluding hydrogens is 382 g/mol. The molecule has 1 aromatic heterocycles. The lowest BCUT2D eigenvalue weighted by Crippen LogP contribution is -2.35. The van der Waals surface area contributed by atoms with E-state index in [1.54, 1.807) is 11.6 Å². The summed E-state index contributed by atoms with van der Waals surface area (Å²) in [6.07, 6.45) is 1.71. The number of rotatable bonds is 2. The van der Waals surface area contributed by atoms with Crippen LogP contribution in [0.25, 0.3) is 11.8 Å². The number of hydrazone groups is 1. The van der Waals surface area contributed by atoms with Gasteiger partial charge >= 0.3 is 0 Å². The number of hydrogen-bond acceptors (Lipinski definition) is 4. The Kier molecular flexibility index (Phi) is 4.28. The first-order valence-electron chi connectivity index (χ1n) is 8.25. The van der Waals surface area contributed by atoms with E-state index in [2.05, 4.69) is 14.7 Å². The molecule has 8 heteroatoms. The molecule has 0 radical (unpaired) electrons. The van der Waals surface area contributed by atoms with Crippen LogP contribution >= 0.6 is 23.4 Å². The Morgan fingerprint density at radius 2 is 2.00 bits per heavy atom. The van der Waals surface area contributed by atoms with E-state index in [1.807, 2.05) is 45.0 Å². The highest BCUT2D eigenvalue weighted by atomic mass is 35.5. The zero-order valence-corrected chi connectivity index (χ0v) is 16.5. The van der Waals surface area contributed by atoms with Crippen LogP contribution in [0.3, 0.4) is 0 Å². The second-order valence-electron chi connectivity index (χ2n) is 6.35. The van der Waals surface area contributed by atoms with Crippen molar-refractivity contribution in [2.24, 2.45) is 10.1 Å². The molecule has 6 nitrogen and oxygen atoms in total. The fourth-order valence-corrected chi connectivity index (χ4v) is 4.00. The highest BCUT2D eigenvalue weighted by Crippen LogP contribution is 2.29. The molecule has 0 saturated heterocycles. The number of carbonyl (C=O) groups excluding carboxylic acids is 1. The first-order chi connectivity index (χ1) is 12.9. The summed E-state index contributed by atoms with van der Waals surface area (Å²) < 4.78 is 2.10. The van der Waals surface area contributed by atoms with Gasteiger partial charge in [-0.3, -0.25) is 10.2 Å². The average molecular weight is 398 g/mol. The van der Waals surface area contributed by atoms with Gasteiger partial charge in [0.05, 0.1) is 11.1 Å². The molecule has 2 aliphatic rings. The number of aromatic nitrogens is 1. The predicted molar refractivity (Wildman–Crippen MR) is 111 cm³/mol. The van der Waals surface area contributed by atoms with E-state index in [0.717, 1.165) is 28.2 Å². The van der Waals surface area contributed by atoms with Crippen LogP contribution < -0.4 is 0 Å². The number of aryl methyl sites for hydroxylation is 2. The summed E-state index contributed by atoms with van der Waals surface area (Å²) in [6.45, 7) is 6.01. The zero-order valence-electron chi connectivity index (χ0n) is 14.9. The van der Waals surface area contributed by atoms with Crippen molar-refractivity contribution >= 4 is 51.9 Å². The summed E-state index contributed by atoms with van der Waals surface area (Å²) in [5, 5.41) is 14.9. The molecule has 1 aromatic carbocycles. The minimum atomic E-state index is -0.423. The molecule has 0 saturated carbocycles. The summed E-state index contributed by atoms with van der Waals surface area (Å²) in [5.74, 6) is -0.386. The molecule has 1 amide bonds. The maximum Gasteiger partial charge on any atom is 0.283 e. The van der Waals surface area contributed by atoms with E-state index >= 15 is 0 Å². The van der Waals surface area contributed by atoms with Crippen LogP contribution in [0.2, 0.25) is 5.02 Å². The Bertz CT molecular complexity index is 1100. The van der Waals surface area contributed by atoms with Crippen LogP contribution in [-0.2, 0) is 4.79 Å². The number of benzene rings is 1. The van der Waals surface area contributed by atoms with Crippen LogP contribution in [0.4, 0.5) is 0 Å². The van der Waals surface area contributed by atoms with Crippen LogP contribution in [0.15, 0.2) is 39.9 Å². The van der Waals surface area contributed by atoms with E-state index in [0.29, 0.717) is 10.2 Å². The lowest BCUT2D eigenvalue weighted by atomic mass is 10.1. The second kappa shape index (κ2) is 6.51. The third-order valence-corrected chi connectivity index (χ3v) is 5.49. The monoisotopic (exact) mass is 397 g/mol. The van der Waals surface area contributed by atoms with E-state index in [4.69, 9.17) is 17.0 Å². The Hall–Kier alpha value is -2.64. The summed E-state index contributed by atoms with van der Waals surface area (Å²) in [4.78, 5) is 16.4. The number of carbonyl (C=O) groups is 1. The van der Waals surface area contributed by atoms with Crippen LogP contribution in [0.5, 0.6) is 0 Å². The van der Waals surface area contributed by atoms with Crippen molar-refractivity contribution < 1.29 is 4.79 Å². The van der Waals surface area contributed by atoms with Crippen LogP contribution in [-0.4, -0.2) is 32.0 Å². The van der Waals surface area contributed by atoms with Gasteiger partial charge in [0.1, 0.15) is 0 Å². The number of aliphatic imine (C=N–C) groups is 1. The molecule has 4 rings (SSSR count). The minimum absolute atomic E-state index is 0.0370.